The summed E-state index contributed by atoms with van der Waals surface area (Å²) in [5.41, 5.74) is 1.39. The van der Waals surface area contributed by atoms with Crippen LogP contribution in [0.5, 0.6) is 5.75 Å². The molecule has 0 radical (unpaired) electrons. The van der Waals surface area contributed by atoms with Crippen molar-refractivity contribution in [2.75, 3.05) is 32.1 Å². The minimum absolute atomic E-state index is 0.0652. The Hall–Kier alpha value is -3.89. The molecule has 0 bridgehead atoms. The van der Waals surface area contributed by atoms with Crippen LogP contribution in [-0.4, -0.2) is 68.8 Å². The number of carbonyl (C=O) groups is 2. The fourth-order valence-electron chi connectivity index (χ4n) is 4.29. The molecule has 41 heavy (non-hydrogen) atoms. The fourth-order valence-corrected chi connectivity index (χ4v) is 5.34. The topological polar surface area (TPSA) is 99.3 Å². The number of carbonyl (C=O) groups excluding carboxylic acids is 2. The van der Waals surface area contributed by atoms with Gasteiger partial charge in [-0.25, -0.2) is 4.31 Å². The summed E-state index contributed by atoms with van der Waals surface area (Å²) in [4.78, 5) is 29.5. The van der Waals surface area contributed by atoms with Gasteiger partial charge in [0, 0.05) is 32.6 Å². The summed E-state index contributed by atoms with van der Waals surface area (Å²) in [5, 5.41) is 3.02. The van der Waals surface area contributed by atoms with Crippen LogP contribution in [0.3, 0.4) is 0 Å². The molecule has 0 saturated carbocycles. The van der Waals surface area contributed by atoms with Crippen LogP contribution in [0.1, 0.15) is 31.9 Å². The molecule has 0 unspecified atom stereocenters. The Bertz CT molecular complexity index is 1410. The third kappa shape index (κ3) is 8.80. The molecule has 1 N–H and O–H groups in total. The standard InChI is InChI=1S/C31H40N4O5S/c1-31(2,3)32-30(37)28(21-24-14-9-7-10-15-24)34(22-25-16-13-19-27(20-25)40-6)29(36)23-35(41(38,39)33(4)5)26-17-11-8-12-18-26/h7-20,28H,21-23H2,1-6H3,(H,32,37)/t28-/m0/s1. The van der Waals surface area contributed by atoms with Crippen LogP contribution in [0, 0.1) is 0 Å². The van der Waals surface area contributed by atoms with Crippen molar-refractivity contribution in [1.82, 2.24) is 14.5 Å². The van der Waals surface area contributed by atoms with Gasteiger partial charge in [-0.1, -0.05) is 60.7 Å². The first kappa shape index (κ1) is 31.6. The van der Waals surface area contributed by atoms with Crippen LogP contribution < -0.4 is 14.4 Å². The smallest absolute Gasteiger partial charge is 0.304 e. The number of benzene rings is 3. The molecule has 0 spiro atoms. The van der Waals surface area contributed by atoms with Gasteiger partial charge in [-0.3, -0.25) is 9.59 Å². The Morgan fingerprint density at radius 3 is 2.02 bits per heavy atom. The maximum atomic E-state index is 14.2. The molecule has 9 nitrogen and oxygen atoms in total. The fraction of sp³-hybridized carbons (Fsp3) is 0.355. The first-order valence-electron chi connectivity index (χ1n) is 13.4. The monoisotopic (exact) mass is 580 g/mol. The molecule has 0 fully saturated rings. The lowest BCUT2D eigenvalue weighted by Crippen LogP contribution is -2.56. The maximum Gasteiger partial charge on any atom is 0.304 e. The van der Waals surface area contributed by atoms with E-state index in [4.69, 9.17) is 4.74 Å². The van der Waals surface area contributed by atoms with Crippen molar-refractivity contribution in [1.29, 1.82) is 0 Å². The highest BCUT2D eigenvalue weighted by Gasteiger charge is 2.35. The second-order valence-electron chi connectivity index (χ2n) is 11.0. The highest BCUT2D eigenvalue weighted by Crippen LogP contribution is 2.23. The van der Waals surface area contributed by atoms with E-state index in [1.54, 1.807) is 49.6 Å². The molecule has 0 saturated heterocycles. The van der Waals surface area contributed by atoms with Crippen molar-refractivity contribution in [3.8, 4) is 5.75 Å². The number of amides is 2. The SMILES string of the molecule is COc1cccc(CN(C(=O)CN(c2ccccc2)S(=O)(=O)N(C)C)[C@@H](Cc2ccccc2)C(=O)NC(C)(C)C)c1. The summed E-state index contributed by atoms with van der Waals surface area (Å²) in [6.07, 6.45) is 0.240. The zero-order valence-electron chi connectivity index (χ0n) is 24.6. The predicted molar refractivity (Wildman–Crippen MR) is 162 cm³/mol. The van der Waals surface area contributed by atoms with Crippen molar-refractivity contribution in [3.05, 3.63) is 96.1 Å². The molecule has 0 aliphatic heterocycles. The van der Waals surface area contributed by atoms with Gasteiger partial charge in [0.15, 0.2) is 0 Å². The molecule has 0 aliphatic rings. The van der Waals surface area contributed by atoms with Crippen LogP contribution in [0.15, 0.2) is 84.9 Å². The van der Waals surface area contributed by atoms with E-state index in [1.807, 2.05) is 63.2 Å². The molecular weight excluding hydrogens is 540 g/mol. The van der Waals surface area contributed by atoms with Gasteiger partial charge in [-0.15, -0.1) is 0 Å². The van der Waals surface area contributed by atoms with Gasteiger partial charge >= 0.3 is 10.2 Å². The normalized spacial score (nSPS) is 12.5. The molecule has 0 aliphatic carbocycles. The van der Waals surface area contributed by atoms with Crippen molar-refractivity contribution in [2.24, 2.45) is 0 Å². The lowest BCUT2D eigenvalue weighted by Gasteiger charge is -2.35. The summed E-state index contributed by atoms with van der Waals surface area (Å²) in [6, 6.07) is 24.2. The Labute approximate surface area is 243 Å². The van der Waals surface area contributed by atoms with E-state index in [0.717, 1.165) is 19.7 Å². The van der Waals surface area contributed by atoms with E-state index in [0.29, 0.717) is 11.4 Å². The zero-order valence-corrected chi connectivity index (χ0v) is 25.4. The van der Waals surface area contributed by atoms with Crippen LogP contribution in [-0.2, 0) is 32.8 Å². The lowest BCUT2D eigenvalue weighted by molar-refractivity contribution is -0.140. The molecule has 1 atom stereocenters. The third-order valence-corrected chi connectivity index (χ3v) is 8.14. The Balaban J connectivity index is 2.11. The Kier molecular flexibility index (Phi) is 10.5. The van der Waals surface area contributed by atoms with Gasteiger partial charge in [0.05, 0.1) is 12.8 Å². The van der Waals surface area contributed by atoms with Gasteiger partial charge in [-0.2, -0.15) is 12.7 Å². The van der Waals surface area contributed by atoms with Gasteiger partial charge in [-0.05, 0) is 56.2 Å². The molecule has 220 valence electrons. The highest BCUT2D eigenvalue weighted by atomic mass is 32.2. The lowest BCUT2D eigenvalue weighted by atomic mass is 10.0. The van der Waals surface area contributed by atoms with Crippen LogP contribution >= 0.6 is 0 Å². The third-order valence-electron chi connectivity index (χ3n) is 6.32. The number of ether oxygens (including phenoxy) is 1. The molecule has 0 heterocycles. The van der Waals surface area contributed by atoms with Crippen molar-refractivity contribution < 1.29 is 22.7 Å². The van der Waals surface area contributed by atoms with E-state index < -0.39 is 34.2 Å². The molecular formula is C31H40N4O5S. The molecule has 3 aromatic rings. The summed E-state index contributed by atoms with van der Waals surface area (Å²) >= 11 is 0. The quantitative estimate of drug-likeness (QED) is 0.351. The van der Waals surface area contributed by atoms with E-state index in [-0.39, 0.29) is 18.9 Å². The first-order valence-corrected chi connectivity index (χ1v) is 14.7. The average molecular weight is 581 g/mol. The second-order valence-corrected chi connectivity index (χ2v) is 13.0. The Morgan fingerprint density at radius 2 is 1.46 bits per heavy atom. The minimum Gasteiger partial charge on any atom is -0.497 e. The zero-order chi connectivity index (χ0) is 30.2. The number of hydrogen-bond donors (Lipinski definition) is 1. The molecule has 0 aromatic heterocycles. The van der Waals surface area contributed by atoms with Crippen LogP contribution in [0.4, 0.5) is 5.69 Å². The minimum atomic E-state index is -4.04. The number of nitrogens with zero attached hydrogens (tertiary/aromatic N) is 3. The van der Waals surface area contributed by atoms with Gasteiger partial charge in [0.1, 0.15) is 18.3 Å². The van der Waals surface area contributed by atoms with Gasteiger partial charge < -0.3 is 15.0 Å². The average Bonchev–Trinajstić information content (AvgIpc) is 2.93. The number of hydrogen-bond acceptors (Lipinski definition) is 5. The summed E-state index contributed by atoms with van der Waals surface area (Å²) in [6.45, 7) is 5.19. The largest absolute Gasteiger partial charge is 0.497 e. The number of nitrogens with one attached hydrogen (secondary N) is 1. The highest BCUT2D eigenvalue weighted by molar-refractivity contribution is 7.90. The number of para-hydroxylation sites is 1. The number of anilines is 1. The summed E-state index contributed by atoms with van der Waals surface area (Å²) in [5.74, 6) is -0.249. The van der Waals surface area contributed by atoms with E-state index in [9.17, 15) is 18.0 Å². The maximum absolute atomic E-state index is 14.2. The van der Waals surface area contributed by atoms with Gasteiger partial charge in [0.25, 0.3) is 0 Å². The Morgan fingerprint density at radius 1 is 0.878 bits per heavy atom. The molecule has 3 rings (SSSR count). The van der Waals surface area contributed by atoms with E-state index in [2.05, 4.69) is 5.32 Å². The summed E-state index contributed by atoms with van der Waals surface area (Å²) < 4.78 is 34.3. The first-order chi connectivity index (χ1) is 19.3. The molecule has 2 amide bonds. The van der Waals surface area contributed by atoms with Crippen LogP contribution in [0.2, 0.25) is 0 Å². The van der Waals surface area contributed by atoms with E-state index >= 15 is 0 Å². The number of methoxy groups -OCH3 is 1. The molecule has 10 heteroatoms. The van der Waals surface area contributed by atoms with Crippen molar-refractivity contribution >= 4 is 27.7 Å². The van der Waals surface area contributed by atoms with Gasteiger partial charge in [0.2, 0.25) is 11.8 Å². The number of rotatable bonds is 12. The predicted octanol–water partition coefficient (Wildman–Crippen LogP) is 3.86. The summed E-state index contributed by atoms with van der Waals surface area (Å²) in [7, 11) is 0.348. The second kappa shape index (κ2) is 13.6. The van der Waals surface area contributed by atoms with Crippen molar-refractivity contribution in [3.63, 3.8) is 0 Å². The van der Waals surface area contributed by atoms with Crippen molar-refractivity contribution in [2.45, 2.75) is 45.3 Å². The van der Waals surface area contributed by atoms with Crippen LogP contribution in [0.25, 0.3) is 0 Å². The van der Waals surface area contributed by atoms with E-state index in [1.165, 1.54) is 19.0 Å². The molecule has 3 aromatic carbocycles.